The Morgan fingerprint density at radius 2 is 1.94 bits per heavy atom. The van der Waals surface area contributed by atoms with Crippen molar-refractivity contribution in [2.24, 2.45) is 0 Å². The highest BCUT2D eigenvalue weighted by molar-refractivity contribution is 7.71. The molecule has 0 aliphatic carbocycles. The fourth-order valence-electron chi connectivity index (χ4n) is 1.62. The predicted octanol–water partition coefficient (Wildman–Crippen LogP) is 3.18. The Kier molecular flexibility index (Phi) is 3.62. The van der Waals surface area contributed by atoms with Crippen molar-refractivity contribution in [3.05, 3.63) is 35.2 Å². The van der Waals surface area contributed by atoms with Crippen LogP contribution >= 0.6 is 12.2 Å². The van der Waals surface area contributed by atoms with Gasteiger partial charge in [0.2, 0.25) is 0 Å². The highest BCUT2D eigenvalue weighted by Crippen LogP contribution is 2.25. The normalized spacial score (nSPS) is 10.6. The Morgan fingerprint density at radius 1 is 1.28 bits per heavy atom. The lowest BCUT2D eigenvalue weighted by Crippen LogP contribution is -2.05. The number of nitrogen functional groups attached to an aromatic ring is 1. The molecule has 0 aliphatic rings. The molecular formula is C13H15N3OS. The second-order valence-electron chi connectivity index (χ2n) is 4.21. The van der Waals surface area contributed by atoms with Gasteiger partial charge in [-0.2, -0.15) is 0 Å². The summed E-state index contributed by atoms with van der Waals surface area (Å²) in [7, 11) is 0. The van der Waals surface area contributed by atoms with Crippen LogP contribution in [0.25, 0.3) is 11.1 Å². The average Bonchev–Trinajstić information content (AvgIpc) is 2.30. The van der Waals surface area contributed by atoms with Gasteiger partial charge in [0.05, 0.1) is 6.10 Å². The first-order chi connectivity index (χ1) is 8.56. The van der Waals surface area contributed by atoms with E-state index in [4.69, 9.17) is 22.7 Å². The highest BCUT2D eigenvalue weighted by Gasteiger charge is 2.04. The molecule has 1 aromatic heterocycles. The largest absolute Gasteiger partial charge is 0.491 e. The molecule has 0 spiro atoms. The van der Waals surface area contributed by atoms with Crippen molar-refractivity contribution in [2.75, 3.05) is 5.73 Å². The van der Waals surface area contributed by atoms with E-state index in [1.165, 1.54) is 0 Å². The number of aromatic amines is 1. The van der Waals surface area contributed by atoms with Gasteiger partial charge in [-0.25, -0.2) is 4.98 Å². The Labute approximate surface area is 111 Å². The minimum absolute atomic E-state index is 0.162. The summed E-state index contributed by atoms with van der Waals surface area (Å²) in [6.07, 6.45) is 1.84. The molecule has 1 aromatic carbocycles. The van der Waals surface area contributed by atoms with E-state index in [1.807, 2.05) is 38.1 Å². The van der Waals surface area contributed by atoms with Crippen molar-refractivity contribution in [1.82, 2.24) is 9.97 Å². The zero-order chi connectivity index (χ0) is 13.1. The number of nitrogens with two attached hydrogens (primary N) is 1. The molecule has 0 amide bonds. The zero-order valence-electron chi connectivity index (χ0n) is 10.3. The number of anilines is 1. The van der Waals surface area contributed by atoms with E-state index in [-0.39, 0.29) is 6.10 Å². The summed E-state index contributed by atoms with van der Waals surface area (Å²) in [4.78, 5) is 6.87. The third-order valence-electron chi connectivity index (χ3n) is 2.38. The number of H-pyrrole nitrogens is 1. The molecule has 3 N–H and O–H groups in total. The van der Waals surface area contributed by atoms with Crippen molar-refractivity contribution >= 4 is 18.0 Å². The van der Waals surface area contributed by atoms with Gasteiger partial charge in [-0.1, -0.05) is 12.1 Å². The number of benzene rings is 1. The third-order valence-corrected chi connectivity index (χ3v) is 2.59. The van der Waals surface area contributed by atoms with Gasteiger partial charge in [-0.3, -0.25) is 0 Å². The summed E-state index contributed by atoms with van der Waals surface area (Å²) < 4.78 is 5.97. The van der Waals surface area contributed by atoms with E-state index in [0.29, 0.717) is 10.6 Å². The standard InChI is InChI=1S/C13H15N3OS/c1-8(2)17-10-5-3-9(4-6-10)11-7-15-13(18)16-12(11)14/h3-8H,1-2H3,(H3,14,15,16,18). The fraction of sp³-hybridized carbons (Fsp3) is 0.231. The molecule has 1 heterocycles. The van der Waals surface area contributed by atoms with Crippen LogP contribution in [0.1, 0.15) is 13.8 Å². The fourth-order valence-corrected chi connectivity index (χ4v) is 1.79. The van der Waals surface area contributed by atoms with Gasteiger partial charge >= 0.3 is 0 Å². The molecule has 2 rings (SSSR count). The lowest BCUT2D eigenvalue weighted by Gasteiger charge is -2.10. The molecule has 0 saturated carbocycles. The molecule has 4 nitrogen and oxygen atoms in total. The maximum absolute atomic E-state index is 5.88. The lowest BCUT2D eigenvalue weighted by molar-refractivity contribution is 0.242. The molecule has 2 aromatic rings. The number of nitrogens with zero attached hydrogens (tertiary/aromatic N) is 1. The van der Waals surface area contributed by atoms with Crippen LogP contribution in [0.4, 0.5) is 5.82 Å². The molecule has 0 fully saturated rings. The first-order valence-corrected chi connectivity index (χ1v) is 6.09. The molecule has 5 heteroatoms. The van der Waals surface area contributed by atoms with E-state index < -0.39 is 0 Å². The second-order valence-corrected chi connectivity index (χ2v) is 4.59. The first kappa shape index (κ1) is 12.6. The van der Waals surface area contributed by atoms with Crippen LogP contribution in [0.5, 0.6) is 5.75 Å². The monoisotopic (exact) mass is 261 g/mol. The molecule has 0 saturated heterocycles. The second kappa shape index (κ2) is 5.18. The van der Waals surface area contributed by atoms with Gasteiger partial charge < -0.3 is 15.5 Å². The van der Waals surface area contributed by atoms with Gasteiger partial charge in [-0.15, -0.1) is 0 Å². The Balaban J connectivity index is 2.31. The summed E-state index contributed by atoms with van der Waals surface area (Å²) in [5.41, 5.74) is 7.69. The van der Waals surface area contributed by atoms with Gasteiger partial charge in [-0.05, 0) is 43.8 Å². The Hall–Kier alpha value is -1.88. The summed E-state index contributed by atoms with van der Waals surface area (Å²) in [5.74, 6) is 1.36. The van der Waals surface area contributed by atoms with Crippen molar-refractivity contribution in [1.29, 1.82) is 0 Å². The number of aromatic nitrogens is 2. The maximum Gasteiger partial charge on any atom is 0.198 e. The first-order valence-electron chi connectivity index (χ1n) is 5.68. The van der Waals surface area contributed by atoms with Crippen LogP contribution in [0.3, 0.4) is 0 Å². The minimum Gasteiger partial charge on any atom is -0.491 e. The van der Waals surface area contributed by atoms with Gasteiger partial charge in [0.25, 0.3) is 0 Å². The number of hydrogen-bond donors (Lipinski definition) is 2. The summed E-state index contributed by atoms with van der Waals surface area (Å²) in [5, 5.41) is 0. The lowest BCUT2D eigenvalue weighted by atomic mass is 10.1. The van der Waals surface area contributed by atoms with E-state index in [2.05, 4.69) is 9.97 Å². The van der Waals surface area contributed by atoms with Crippen LogP contribution < -0.4 is 10.5 Å². The molecule has 0 unspecified atom stereocenters. The molecule has 18 heavy (non-hydrogen) atoms. The van der Waals surface area contributed by atoms with Crippen molar-refractivity contribution in [3.8, 4) is 16.9 Å². The highest BCUT2D eigenvalue weighted by atomic mass is 32.1. The summed E-state index contributed by atoms with van der Waals surface area (Å²) in [6, 6.07) is 7.72. The van der Waals surface area contributed by atoms with Crippen LogP contribution in [0.15, 0.2) is 30.5 Å². The smallest absolute Gasteiger partial charge is 0.198 e. The molecular weight excluding hydrogens is 246 g/mol. The molecule has 0 aliphatic heterocycles. The number of rotatable bonds is 3. The summed E-state index contributed by atoms with van der Waals surface area (Å²) in [6.45, 7) is 3.99. The number of nitrogens with one attached hydrogen (secondary N) is 1. The van der Waals surface area contributed by atoms with E-state index in [9.17, 15) is 0 Å². The molecule has 0 atom stereocenters. The van der Waals surface area contributed by atoms with Gasteiger partial charge in [0, 0.05) is 11.8 Å². The number of hydrogen-bond acceptors (Lipinski definition) is 4. The predicted molar refractivity (Wildman–Crippen MR) is 75.0 cm³/mol. The van der Waals surface area contributed by atoms with Crippen LogP contribution in [-0.4, -0.2) is 16.1 Å². The summed E-state index contributed by atoms with van der Waals surface area (Å²) >= 11 is 4.91. The van der Waals surface area contributed by atoms with Crippen molar-refractivity contribution in [3.63, 3.8) is 0 Å². The maximum atomic E-state index is 5.88. The van der Waals surface area contributed by atoms with Crippen molar-refractivity contribution in [2.45, 2.75) is 20.0 Å². The van der Waals surface area contributed by atoms with Crippen LogP contribution in [0.2, 0.25) is 0 Å². The Morgan fingerprint density at radius 3 is 2.50 bits per heavy atom. The zero-order valence-corrected chi connectivity index (χ0v) is 11.1. The van der Waals surface area contributed by atoms with Gasteiger partial charge in [0.15, 0.2) is 4.77 Å². The molecule has 0 bridgehead atoms. The van der Waals surface area contributed by atoms with Crippen molar-refractivity contribution < 1.29 is 4.74 Å². The topological polar surface area (TPSA) is 63.9 Å². The quantitative estimate of drug-likeness (QED) is 0.833. The average molecular weight is 261 g/mol. The van der Waals surface area contributed by atoms with E-state index in [1.54, 1.807) is 6.20 Å². The Bertz CT molecular complexity index is 590. The van der Waals surface area contributed by atoms with Crippen LogP contribution in [0, 0.1) is 4.77 Å². The van der Waals surface area contributed by atoms with E-state index >= 15 is 0 Å². The third kappa shape index (κ3) is 2.87. The molecule has 94 valence electrons. The van der Waals surface area contributed by atoms with Crippen LogP contribution in [-0.2, 0) is 0 Å². The number of ether oxygens (including phenoxy) is 1. The van der Waals surface area contributed by atoms with Gasteiger partial charge in [0.1, 0.15) is 11.6 Å². The van der Waals surface area contributed by atoms with E-state index in [0.717, 1.165) is 16.9 Å². The SMILES string of the molecule is CC(C)Oc1ccc(-c2cnc(=S)[nH]c2N)cc1. The molecule has 0 radical (unpaired) electrons. The minimum atomic E-state index is 0.162.